The van der Waals surface area contributed by atoms with E-state index in [4.69, 9.17) is 0 Å². The minimum atomic E-state index is 0.272. The molecule has 1 fully saturated rings. The van der Waals surface area contributed by atoms with Crippen LogP contribution < -0.4 is 0 Å². The van der Waals surface area contributed by atoms with E-state index in [1.165, 1.54) is 5.71 Å². The predicted octanol–water partition coefficient (Wildman–Crippen LogP) is 2.82. The van der Waals surface area contributed by atoms with E-state index in [9.17, 15) is 4.79 Å². The molecule has 0 radical (unpaired) electrons. The van der Waals surface area contributed by atoms with Gasteiger partial charge in [-0.2, -0.15) is 5.10 Å². The Bertz CT molecular complexity index is 963. The summed E-state index contributed by atoms with van der Waals surface area (Å²) in [5.74, 6) is 0.709. The number of nitrogens with one attached hydrogen (secondary N) is 1. The standard InChI is InChI=1S/C23H28N6O/c30-22(13-17-3-2-11-28(14-17)15-19-4-1-8-25-19)29-12-7-21-20(16-29)23(27-26-21)18-5-9-24-10-6-18/h1,5-6,8-10,17H,2-4,7,11-16H2,(H,26,27)/t17-/m0/s1. The fourth-order valence-electron chi connectivity index (χ4n) is 4.86. The van der Waals surface area contributed by atoms with Crippen LogP contribution in [0.1, 0.15) is 36.9 Å². The molecule has 2 aromatic rings. The monoisotopic (exact) mass is 404 g/mol. The molecule has 0 saturated carbocycles. The molecule has 1 amide bonds. The molecule has 30 heavy (non-hydrogen) atoms. The lowest BCUT2D eigenvalue weighted by molar-refractivity contribution is -0.133. The SMILES string of the molecule is O=C(C[C@@H]1CCCN(CC2=NC=CC2)C1)N1CCc2[nH]nc(-c3ccncc3)c2C1. The average molecular weight is 405 g/mol. The van der Waals surface area contributed by atoms with Gasteiger partial charge >= 0.3 is 0 Å². The zero-order valence-electron chi connectivity index (χ0n) is 17.3. The molecule has 2 aromatic heterocycles. The molecule has 0 aromatic carbocycles. The van der Waals surface area contributed by atoms with Gasteiger partial charge in [0.2, 0.25) is 5.91 Å². The number of aromatic amines is 1. The maximum atomic E-state index is 13.1. The lowest BCUT2D eigenvalue weighted by Crippen LogP contribution is -2.42. The van der Waals surface area contributed by atoms with Gasteiger partial charge in [0.1, 0.15) is 0 Å². The van der Waals surface area contributed by atoms with Crippen LogP contribution in [0.15, 0.2) is 41.8 Å². The smallest absolute Gasteiger partial charge is 0.223 e. The molecule has 1 atom stereocenters. The summed E-state index contributed by atoms with van der Waals surface area (Å²) in [5.41, 5.74) is 5.54. The maximum Gasteiger partial charge on any atom is 0.223 e. The molecule has 3 aliphatic rings. The number of nitrogens with zero attached hydrogens (tertiary/aromatic N) is 5. The molecule has 7 heteroatoms. The number of H-pyrrole nitrogens is 1. The molecule has 0 unspecified atom stereocenters. The van der Waals surface area contributed by atoms with Gasteiger partial charge in [0, 0.05) is 86.6 Å². The Balaban J connectivity index is 1.21. The Morgan fingerprint density at radius 3 is 2.97 bits per heavy atom. The minimum absolute atomic E-state index is 0.272. The third kappa shape index (κ3) is 4.07. The quantitative estimate of drug-likeness (QED) is 0.831. The number of carbonyl (C=O) groups excluding carboxylic acids is 1. The van der Waals surface area contributed by atoms with E-state index in [1.54, 1.807) is 12.4 Å². The van der Waals surface area contributed by atoms with Crippen LogP contribution in [0, 0.1) is 5.92 Å². The third-order valence-electron chi connectivity index (χ3n) is 6.43. The number of hydrogen-bond acceptors (Lipinski definition) is 5. The zero-order valence-corrected chi connectivity index (χ0v) is 17.3. The van der Waals surface area contributed by atoms with Crippen LogP contribution in [0.5, 0.6) is 0 Å². The van der Waals surface area contributed by atoms with Crippen molar-refractivity contribution in [3.63, 3.8) is 0 Å². The van der Waals surface area contributed by atoms with Crippen molar-refractivity contribution < 1.29 is 4.79 Å². The molecule has 5 heterocycles. The van der Waals surface area contributed by atoms with Crippen molar-refractivity contribution in [3.8, 4) is 11.3 Å². The van der Waals surface area contributed by atoms with Gasteiger partial charge in [-0.3, -0.25) is 24.8 Å². The largest absolute Gasteiger partial charge is 0.338 e. The molecule has 5 rings (SSSR count). The van der Waals surface area contributed by atoms with Gasteiger partial charge in [0.05, 0.1) is 5.69 Å². The fourth-order valence-corrected chi connectivity index (χ4v) is 4.86. The number of carbonyl (C=O) groups is 1. The molecule has 0 aliphatic carbocycles. The molecule has 1 saturated heterocycles. The number of allylic oxidation sites excluding steroid dienone is 1. The summed E-state index contributed by atoms with van der Waals surface area (Å²) >= 11 is 0. The summed E-state index contributed by atoms with van der Waals surface area (Å²) in [6.45, 7) is 4.46. The second-order valence-electron chi connectivity index (χ2n) is 8.56. The molecule has 0 bridgehead atoms. The Morgan fingerprint density at radius 2 is 2.13 bits per heavy atom. The minimum Gasteiger partial charge on any atom is -0.338 e. The van der Waals surface area contributed by atoms with Crippen molar-refractivity contribution in [2.75, 3.05) is 26.2 Å². The van der Waals surface area contributed by atoms with E-state index in [2.05, 4.69) is 31.1 Å². The molecule has 0 spiro atoms. The van der Waals surface area contributed by atoms with Gasteiger partial charge in [-0.1, -0.05) is 6.08 Å². The van der Waals surface area contributed by atoms with Gasteiger partial charge in [-0.05, 0) is 37.4 Å². The van der Waals surface area contributed by atoms with E-state index in [-0.39, 0.29) is 5.91 Å². The number of aliphatic imine (C=N–C) groups is 1. The topological polar surface area (TPSA) is 77.5 Å². The number of amides is 1. The number of fused-ring (bicyclic) bond motifs is 1. The third-order valence-corrected chi connectivity index (χ3v) is 6.43. The number of hydrogen-bond donors (Lipinski definition) is 1. The predicted molar refractivity (Wildman–Crippen MR) is 116 cm³/mol. The fraction of sp³-hybridized carbons (Fsp3) is 0.478. The van der Waals surface area contributed by atoms with Crippen molar-refractivity contribution >= 4 is 11.6 Å². The number of likely N-dealkylation sites (tertiary alicyclic amines) is 1. The van der Waals surface area contributed by atoms with Crippen LogP contribution in [-0.4, -0.2) is 62.8 Å². The highest BCUT2D eigenvalue weighted by Crippen LogP contribution is 2.29. The first-order valence-corrected chi connectivity index (χ1v) is 10.9. The first-order valence-electron chi connectivity index (χ1n) is 10.9. The first kappa shape index (κ1) is 19.2. The van der Waals surface area contributed by atoms with Gasteiger partial charge in [-0.25, -0.2) is 0 Å². The number of aromatic nitrogens is 3. The summed E-state index contributed by atoms with van der Waals surface area (Å²) in [6.07, 6.45) is 12.3. The van der Waals surface area contributed by atoms with E-state index in [0.29, 0.717) is 18.9 Å². The van der Waals surface area contributed by atoms with Gasteiger partial charge in [-0.15, -0.1) is 0 Å². The van der Waals surface area contributed by atoms with Crippen molar-refractivity contribution in [2.45, 2.75) is 38.6 Å². The van der Waals surface area contributed by atoms with Crippen molar-refractivity contribution in [1.29, 1.82) is 0 Å². The molecular weight excluding hydrogens is 376 g/mol. The van der Waals surface area contributed by atoms with E-state index in [0.717, 1.165) is 74.4 Å². The lowest BCUT2D eigenvalue weighted by Gasteiger charge is -2.34. The van der Waals surface area contributed by atoms with Crippen molar-refractivity contribution in [1.82, 2.24) is 25.0 Å². The highest BCUT2D eigenvalue weighted by atomic mass is 16.2. The highest BCUT2D eigenvalue weighted by Gasteiger charge is 2.29. The number of pyridine rings is 1. The Morgan fingerprint density at radius 1 is 1.23 bits per heavy atom. The Kier molecular flexibility index (Phi) is 5.45. The van der Waals surface area contributed by atoms with Crippen molar-refractivity contribution in [3.05, 3.63) is 48.1 Å². The Labute approximate surface area is 176 Å². The van der Waals surface area contributed by atoms with E-state index < -0.39 is 0 Å². The summed E-state index contributed by atoms with van der Waals surface area (Å²) in [6, 6.07) is 3.94. The molecule has 1 N–H and O–H groups in total. The van der Waals surface area contributed by atoms with Gasteiger partial charge in [0.25, 0.3) is 0 Å². The molecule has 3 aliphatic heterocycles. The van der Waals surface area contributed by atoms with Crippen LogP contribution in [-0.2, 0) is 17.8 Å². The molecule has 156 valence electrons. The number of rotatable bonds is 5. The summed E-state index contributed by atoms with van der Waals surface area (Å²) < 4.78 is 0. The van der Waals surface area contributed by atoms with Crippen LogP contribution in [0.4, 0.5) is 0 Å². The maximum absolute atomic E-state index is 13.1. The van der Waals surface area contributed by atoms with Crippen LogP contribution in [0.2, 0.25) is 0 Å². The normalized spacial score (nSPS) is 21.5. The zero-order chi connectivity index (χ0) is 20.3. The average Bonchev–Trinajstić information content (AvgIpc) is 3.44. The first-order chi connectivity index (χ1) is 14.8. The Hall–Kier alpha value is -2.80. The second kappa shape index (κ2) is 8.52. The van der Waals surface area contributed by atoms with Crippen LogP contribution >= 0.6 is 0 Å². The van der Waals surface area contributed by atoms with Crippen LogP contribution in [0.3, 0.4) is 0 Å². The van der Waals surface area contributed by atoms with E-state index in [1.807, 2.05) is 23.2 Å². The van der Waals surface area contributed by atoms with Gasteiger partial charge < -0.3 is 4.90 Å². The van der Waals surface area contributed by atoms with E-state index >= 15 is 0 Å². The number of piperidine rings is 1. The second-order valence-corrected chi connectivity index (χ2v) is 8.56. The highest BCUT2D eigenvalue weighted by molar-refractivity contribution is 5.89. The summed E-state index contributed by atoms with van der Waals surface area (Å²) in [5, 5.41) is 7.70. The molecular formula is C23H28N6O. The summed E-state index contributed by atoms with van der Waals surface area (Å²) in [4.78, 5) is 26.2. The lowest BCUT2D eigenvalue weighted by atomic mass is 9.93. The van der Waals surface area contributed by atoms with Crippen molar-refractivity contribution in [2.24, 2.45) is 10.9 Å². The molecule has 7 nitrogen and oxygen atoms in total. The van der Waals surface area contributed by atoms with Gasteiger partial charge in [0.15, 0.2) is 0 Å². The summed E-state index contributed by atoms with van der Waals surface area (Å²) in [7, 11) is 0. The van der Waals surface area contributed by atoms with Crippen LogP contribution in [0.25, 0.3) is 11.3 Å².